The van der Waals surface area contributed by atoms with E-state index in [1.165, 1.54) is 5.56 Å². The van der Waals surface area contributed by atoms with Gasteiger partial charge in [-0.1, -0.05) is 54.6 Å². The summed E-state index contributed by atoms with van der Waals surface area (Å²) < 4.78 is 11.6. The quantitative estimate of drug-likeness (QED) is 0.442. The van der Waals surface area contributed by atoms with E-state index in [4.69, 9.17) is 9.47 Å². The molecule has 1 atom stereocenters. The Bertz CT molecular complexity index is 1030. The van der Waals surface area contributed by atoms with E-state index in [2.05, 4.69) is 30.3 Å². The molecule has 31 heavy (non-hydrogen) atoms. The maximum absolute atomic E-state index is 13.3. The van der Waals surface area contributed by atoms with Crippen molar-refractivity contribution in [3.8, 4) is 11.5 Å². The Balaban J connectivity index is 1.67. The molecule has 1 aliphatic heterocycles. The molecule has 0 bridgehead atoms. The van der Waals surface area contributed by atoms with E-state index in [1.54, 1.807) is 0 Å². The van der Waals surface area contributed by atoms with Gasteiger partial charge in [0.15, 0.2) is 11.5 Å². The molecule has 0 spiro atoms. The van der Waals surface area contributed by atoms with Gasteiger partial charge in [-0.2, -0.15) is 0 Å². The van der Waals surface area contributed by atoms with Crippen LogP contribution in [0.3, 0.4) is 0 Å². The average molecular weight is 416 g/mol. The third kappa shape index (κ3) is 4.58. The van der Waals surface area contributed by atoms with E-state index in [-0.39, 0.29) is 11.9 Å². The fourth-order valence-electron chi connectivity index (χ4n) is 4.25. The lowest BCUT2D eigenvalue weighted by atomic mass is 9.97. The topological polar surface area (TPSA) is 38.8 Å². The van der Waals surface area contributed by atoms with Crippen LogP contribution in [0, 0.1) is 0 Å². The Morgan fingerprint density at radius 1 is 0.871 bits per heavy atom. The van der Waals surface area contributed by atoms with Gasteiger partial charge < -0.3 is 14.4 Å². The second-order valence-electron chi connectivity index (χ2n) is 7.70. The van der Waals surface area contributed by atoms with Crippen molar-refractivity contribution in [2.24, 2.45) is 0 Å². The highest BCUT2D eigenvalue weighted by Gasteiger charge is 2.33. The molecular weight excluding hydrogens is 386 g/mol. The van der Waals surface area contributed by atoms with Gasteiger partial charge >= 0.3 is 0 Å². The number of fused-ring (bicyclic) bond motifs is 1. The molecule has 0 fully saturated rings. The van der Waals surface area contributed by atoms with Gasteiger partial charge in [-0.05, 0) is 61.6 Å². The summed E-state index contributed by atoms with van der Waals surface area (Å²) in [5.74, 6) is 1.57. The van der Waals surface area contributed by atoms with Crippen LogP contribution >= 0.6 is 0 Å². The lowest BCUT2D eigenvalue weighted by molar-refractivity contribution is 0.0691. The number of benzene rings is 3. The second kappa shape index (κ2) is 9.69. The molecule has 1 amide bonds. The van der Waals surface area contributed by atoms with Gasteiger partial charge in [0.2, 0.25) is 0 Å². The predicted octanol–water partition coefficient (Wildman–Crippen LogP) is 5.81. The van der Waals surface area contributed by atoms with Crippen molar-refractivity contribution in [2.45, 2.75) is 39.3 Å². The first-order chi connectivity index (χ1) is 15.2. The molecule has 3 aromatic carbocycles. The third-order valence-corrected chi connectivity index (χ3v) is 5.73. The first-order valence-corrected chi connectivity index (χ1v) is 11.0. The highest BCUT2D eigenvalue weighted by atomic mass is 16.5. The number of amides is 1. The lowest BCUT2D eigenvalue weighted by Gasteiger charge is -2.29. The fraction of sp³-hybridized carbons (Fsp3) is 0.296. The van der Waals surface area contributed by atoms with Crippen LogP contribution < -0.4 is 9.47 Å². The first-order valence-electron chi connectivity index (χ1n) is 11.0. The normalized spacial score (nSPS) is 13.7. The number of aryl methyl sites for hydroxylation is 1. The summed E-state index contributed by atoms with van der Waals surface area (Å²) in [5, 5.41) is 0. The van der Waals surface area contributed by atoms with Crippen molar-refractivity contribution < 1.29 is 14.3 Å². The maximum atomic E-state index is 13.3. The molecule has 4 rings (SSSR count). The predicted molar refractivity (Wildman–Crippen MR) is 123 cm³/mol. The minimum absolute atomic E-state index is 0.0463. The van der Waals surface area contributed by atoms with E-state index in [0.29, 0.717) is 19.8 Å². The summed E-state index contributed by atoms with van der Waals surface area (Å²) in [5.41, 5.74) is 4.24. The fourth-order valence-corrected chi connectivity index (χ4v) is 4.25. The number of hydrogen-bond donors (Lipinski definition) is 0. The molecule has 160 valence electrons. The highest BCUT2D eigenvalue weighted by Crippen LogP contribution is 2.38. The number of nitrogens with zero attached hydrogens (tertiary/aromatic N) is 1. The zero-order valence-electron chi connectivity index (χ0n) is 18.2. The lowest BCUT2D eigenvalue weighted by Crippen LogP contribution is -2.29. The van der Waals surface area contributed by atoms with Gasteiger partial charge in [0.05, 0.1) is 19.3 Å². The van der Waals surface area contributed by atoms with Crippen LogP contribution in [-0.2, 0) is 13.0 Å². The second-order valence-corrected chi connectivity index (χ2v) is 7.70. The monoisotopic (exact) mass is 415 g/mol. The number of rotatable bonds is 9. The summed E-state index contributed by atoms with van der Waals surface area (Å²) in [4.78, 5) is 15.3. The largest absolute Gasteiger partial charge is 0.490 e. The SMILES string of the molecule is CCOc1ccc([C@H](CCc2ccccc2)N2Cc3ccccc3C2=O)cc1OCC. The molecule has 1 heterocycles. The summed E-state index contributed by atoms with van der Waals surface area (Å²) in [7, 11) is 0. The molecule has 0 saturated heterocycles. The van der Waals surface area contributed by atoms with Crippen LogP contribution in [0.15, 0.2) is 72.8 Å². The van der Waals surface area contributed by atoms with Gasteiger partial charge in [0.1, 0.15) is 0 Å². The molecule has 0 radical (unpaired) electrons. The van der Waals surface area contributed by atoms with Crippen LogP contribution in [0.4, 0.5) is 0 Å². The van der Waals surface area contributed by atoms with Crippen LogP contribution in [-0.4, -0.2) is 24.0 Å². The average Bonchev–Trinajstić information content (AvgIpc) is 3.13. The zero-order chi connectivity index (χ0) is 21.6. The Kier molecular flexibility index (Phi) is 6.56. The number of carbonyl (C=O) groups is 1. The number of ether oxygens (including phenoxy) is 2. The van der Waals surface area contributed by atoms with Crippen LogP contribution in [0.25, 0.3) is 0 Å². The molecule has 4 heteroatoms. The minimum Gasteiger partial charge on any atom is -0.490 e. The van der Waals surface area contributed by atoms with E-state index >= 15 is 0 Å². The zero-order valence-corrected chi connectivity index (χ0v) is 18.2. The summed E-state index contributed by atoms with van der Waals surface area (Å²) >= 11 is 0. The summed E-state index contributed by atoms with van der Waals surface area (Å²) in [6.45, 7) is 5.71. The molecule has 0 aliphatic carbocycles. The van der Waals surface area contributed by atoms with Crippen LogP contribution in [0.5, 0.6) is 11.5 Å². The molecule has 1 aliphatic rings. The van der Waals surface area contributed by atoms with Gasteiger partial charge in [0.25, 0.3) is 5.91 Å². The number of carbonyl (C=O) groups excluding carboxylic acids is 1. The van der Waals surface area contributed by atoms with Crippen LogP contribution in [0.2, 0.25) is 0 Å². The Labute approximate surface area is 184 Å². The smallest absolute Gasteiger partial charge is 0.255 e. The third-order valence-electron chi connectivity index (χ3n) is 5.73. The minimum atomic E-state index is -0.0463. The molecule has 0 aromatic heterocycles. The molecule has 3 aromatic rings. The standard InChI is InChI=1S/C27H29NO3/c1-3-30-25-17-15-21(18-26(25)31-4-2)24(16-14-20-10-6-5-7-11-20)28-19-22-12-8-9-13-23(22)27(28)29/h5-13,15,17-18,24H,3-4,14,16,19H2,1-2H3/t24-/m0/s1. The molecular formula is C27H29NO3. The van der Waals surface area contributed by atoms with E-state index in [9.17, 15) is 4.79 Å². The van der Waals surface area contributed by atoms with Crippen molar-refractivity contribution in [2.75, 3.05) is 13.2 Å². The first kappa shape index (κ1) is 21.0. The van der Waals surface area contributed by atoms with Gasteiger partial charge in [-0.15, -0.1) is 0 Å². The molecule has 0 unspecified atom stereocenters. The Morgan fingerprint density at radius 2 is 1.58 bits per heavy atom. The van der Waals surface area contributed by atoms with Crippen molar-refractivity contribution in [3.63, 3.8) is 0 Å². The molecule has 4 nitrogen and oxygen atoms in total. The Morgan fingerprint density at radius 3 is 2.32 bits per heavy atom. The van der Waals surface area contributed by atoms with Crippen molar-refractivity contribution in [1.29, 1.82) is 0 Å². The molecule has 0 N–H and O–H groups in total. The molecule has 0 saturated carbocycles. The van der Waals surface area contributed by atoms with Gasteiger partial charge in [-0.3, -0.25) is 4.79 Å². The van der Waals surface area contributed by atoms with Crippen molar-refractivity contribution in [3.05, 3.63) is 95.1 Å². The van der Waals surface area contributed by atoms with E-state index in [0.717, 1.165) is 41.0 Å². The highest BCUT2D eigenvalue weighted by molar-refractivity contribution is 5.98. The maximum Gasteiger partial charge on any atom is 0.255 e. The van der Waals surface area contributed by atoms with Crippen molar-refractivity contribution in [1.82, 2.24) is 4.90 Å². The van der Waals surface area contributed by atoms with E-state index in [1.807, 2.05) is 61.2 Å². The van der Waals surface area contributed by atoms with E-state index < -0.39 is 0 Å². The number of hydrogen-bond acceptors (Lipinski definition) is 3. The summed E-state index contributed by atoms with van der Waals surface area (Å²) in [6, 6.07) is 24.4. The Hall–Kier alpha value is -3.27. The van der Waals surface area contributed by atoms with Crippen LogP contribution in [0.1, 0.15) is 53.4 Å². The van der Waals surface area contributed by atoms with Crippen molar-refractivity contribution >= 4 is 5.91 Å². The summed E-state index contributed by atoms with van der Waals surface area (Å²) in [6.07, 6.45) is 1.73. The van der Waals surface area contributed by atoms with Gasteiger partial charge in [-0.25, -0.2) is 0 Å². The van der Waals surface area contributed by atoms with Gasteiger partial charge in [0, 0.05) is 12.1 Å².